The van der Waals surface area contributed by atoms with Crippen molar-refractivity contribution in [2.75, 3.05) is 25.1 Å². The van der Waals surface area contributed by atoms with Crippen LogP contribution in [0.5, 0.6) is 0 Å². The lowest BCUT2D eigenvalue weighted by Crippen LogP contribution is -2.25. The van der Waals surface area contributed by atoms with Crippen LogP contribution in [-0.4, -0.2) is 31.0 Å². The second-order valence-corrected chi connectivity index (χ2v) is 4.62. The molecule has 0 aromatic heterocycles. The van der Waals surface area contributed by atoms with Crippen LogP contribution in [0, 0.1) is 17.6 Å². The molecule has 1 aliphatic rings. The molecule has 0 amide bonds. The molecule has 1 aliphatic carbocycles. The summed E-state index contributed by atoms with van der Waals surface area (Å²) in [5.74, 6) is -1.19. The highest BCUT2D eigenvalue weighted by atomic mass is 19.2. The van der Waals surface area contributed by atoms with E-state index >= 15 is 0 Å². The number of benzene rings is 1. The summed E-state index contributed by atoms with van der Waals surface area (Å²) >= 11 is 0. The lowest BCUT2D eigenvalue weighted by Gasteiger charge is -2.13. The molecule has 0 aliphatic heterocycles. The van der Waals surface area contributed by atoms with E-state index in [1.54, 1.807) is 0 Å². The van der Waals surface area contributed by atoms with Gasteiger partial charge >= 0.3 is 0 Å². The summed E-state index contributed by atoms with van der Waals surface area (Å²) in [6, 6.07) is 3.89. The van der Waals surface area contributed by atoms with Crippen LogP contribution in [0.15, 0.2) is 18.2 Å². The molecule has 18 heavy (non-hydrogen) atoms. The van der Waals surface area contributed by atoms with Gasteiger partial charge in [-0.2, -0.15) is 0 Å². The fourth-order valence-corrected chi connectivity index (χ4v) is 1.58. The Hall–Kier alpha value is -1.20. The number of aliphatic hydroxyl groups is 1. The molecule has 100 valence electrons. The molecule has 1 aromatic carbocycles. The van der Waals surface area contributed by atoms with Crippen LogP contribution in [0.4, 0.5) is 14.5 Å². The Labute approximate surface area is 105 Å². The zero-order valence-electron chi connectivity index (χ0n) is 10.0. The molecule has 1 atom stereocenters. The summed E-state index contributed by atoms with van der Waals surface area (Å²) in [6.45, 7) is 1.01. The van der Waals surface area contributed by atoms with Crippen LogP contribution < -0.4 is 5.32 Å². The molecule has 0 heterocycles. The second kappa shape index (κ2) is 6.11. The van der Waals surface area contributed by atoms with Crippen molar-refractivity contribution in [3.8, 4) is 0 Å². The molecule has 5 heteroatoms. The van der Waals surface area contributed by atoms with E-state index in [-0.39, 0.29) is 18.8 Å². The monoisotopic (exact) mass is 257 g/mol. The van der Waals surface area contributed by atoms with E-state index in [1.807, 2.05) is 0 Å². The second-order valence-electron chi connectivity index (χ2n) is 4.62. The van der Waals surface area contributed by atoms with Crippen molar-refractivity contribution in [3.63, 3.8) is 0 Å². The zero-order valence-corrected chi connectivity index (χ0v) is 10.0. The first-order valence-corrected chi connectivity index (χ1v) is 6.10. The molecule has 0 radical (unpaired) electrons. The summed E-state index contributed by atoms with van der Waals surface area (Å²) in [4.78, 5) is 0. The summed E-state index contributed by atoms with van der Waals surface area (Å²) < 4.78 is 31.5. The predicted octanol–water partition coefficient (Wildman–Crippen LogP) is 2.16. The quantitative estimate of drug-likeness (QED) is 0.786. The minimum absolute atomic E-state index is 0.0521. The van der Waals surface area contributed by atoms with E-state index in [0.29, 0.717) is 12.5 Å². The maximum atomic E-state index is 13.3. The fraction of sp³-hybridized carbons (Fsp3) is 0.538. The number of anilines is 1. The fourth-order valence-electron chi connectivity index (χ4n) is 1.58. The molecule has 0 saturated heterocycles. The lowest BCUT2D eigenvalue weighted by atomic mass is 10.2. The van der Waals surface area contributed by atoms with Crippen molar-refractivity contribution in [3.05, 3.63) is 29.8 Å². The van der Waals surface area contributed by atoms with E-state index < -0.39 is 17.7 Å². The summed E-state index contributed by atoms with van der Waals surface area (Å²) in [5, 5.41) is 12.3. The van der Waals surface area contributed by atoms with Gasteiger partial charge in [-0.05, 0) is 30.9 Å². The zero-order chi connectivity index (χ0) is 13.0. The van der Waals surface area contributed by atoms with E-state index in [0.717, 1.165) is 6.07 Å². The normalized spacial score (nSPS) is 16.6. The van der Waals surface area contributed by atoms with Gasteiger partial charge in [-0.15, -0.1) is 0 Å². The number of halogens is 2. The third kappa shape index (κ3) is 3.92. The smallest absolute Gasteiger partial charge is 0.181 e. The number of hydrogen-bond donors (Lipinski definition) is 2. The Morgan fingerprint density at radius 3 is 2.89 bits per heavy atom. The molecule has 1 aromatic rings. The summed E-state index contributed by atoms with van der Waals surface area (Å²) in [7, 11) is 0. The van der Waals surface area contributed by atoms with Gasteiger partial charge in [-0.25, -0.2) is 8.78 Å². The topological polar surface area (TPSA) is 41.5 Å². The lowest BCUT2D eigenvalue weighted by molar-refractivity contribution is 0.0386. The van der Waals surface area contributed by atoms with Gasteiger partial charge < -0.3 is 15.2 Å². The van der Waals surface area contributed by atoms with Crippen LogP contribution in [0.3, 0.4) is 0 Å². The highest BCUT2D eigenvalue weighted by molar-refractivity contribution is 5.44. The van der Waals surface area contributed by atoms with Gasteiger partial charge in [0.2, 0.25) is 0 Å². The minimum Gasteiger partial charge on any atom is -0.389 e. The molecular formula is C13H17F2NO2. The molecule has 2 rings (SSSR count). The van der Waals surface area contributed by atoms with Crippen molar-refractivity contribution < 1.29 is 18.6 Å². The van der Waals surface area contributed by atoms with E-state index in [4.69, 9.17) is 4.74 Å². The van der Waals surface area contributed by atoms with Crippen LogP contribution in [-0.2, 0) is 4.74 Å². The van der Waals surface area contributed by atoms with Crippen LogP contribution in [0.2, 0.25) is 0 Å². The Morgan fingerprint density at radius 1 is 1.39 bits per heavy atom. The standard InChI is InChI=1S/C13H17F2NO2/c14-11-2-1-3-12(13(11)15)16-6-10(17)8-18-7-9-4-5-9/h1-3,9-10,16-17H,4-8H2. The summed E-state index contributed by atoms with van der Waals surface area (Å²) in [6.07, 6.45) is 1.66. The Balaban J connectivity index is 1.70. The van der Waals surface area contributed by atoms with Gasteiger partial charge in [-0.1, -0.05) is 6.07 Å². The maximum absolute atomic E-state index is 13.3. The van der Waals surface area contributed by atoms with Gasteiger partial charge in [0.15, 0.2) is 11.6 Å². The van der Waals surface area contributed by atoms with Crippen molar-refractivity contribution in [1.82, 2.24) is 0 Å². The van der Waals surface area contributed by atoms with E-state index in [2.05, 4.69) is 5.32 Å². The van der Waals surface area contributed by atoms with Gasteiger partial charge in [-0.3, -0.25) is 0 Å². The summed E-state index contributed by atoms with van der Waals surface area (Å²) in [5.41, 5.74) is 0.0521. The van der Waals surface area contributed by atoms with E-state index in [1.165, 1.54) is 25.0 Å². The Morgan fingerprint density at radius 2 is 2.17 bits per heavy atom. The van der Waals surface area contributed by atoms with Crippen LogP contribution in [0.1, 0.15) is 12.8 Å². The number of nitrogens with one attached hydrogen (secondary N) is 1. The van der Waals surface area contributed by atoms with Crippen LogP contribution in [0.25, 0.3) is 0 Å². The molecule has 3 nitrogen and oxygen atoms in total. The van der Waals surface area contributed by atoms with Gasteiger partial charge in [0.1, 0.15) is 0 Å². The molecular weight excluding hydrogens is 240 g/mol. The minimum atomic E-state index is -0.927. The molecule has 1 unspecified atom stereocenters. The Kier molecular flexibility index (Phi) is 4.49. The predicted molar refractivity (Wildman–Crippen MR) is 64.4 cm³/mol. The number of ether oxygens (including phenoxy) is 1. The third-order valence-corrected chi connectivity index (χ3v) is 2.84. The number of hydrogen-bond acceptors (Lipinski definition) is 3. The average Bonchev–Trinajstić information content (AvgIpc) is 3.15. The highest BCUT2D eigenvalue weighted by Gasteiger charge is 2.21. The van der Waals surface area contributed by atoms with Crippen LogP contribution >= 0.6 is 0 Å². The molecule has 2 N–H and O–H groups in total. The largest absolute Gasteiger partial charge is 0.389 e. The molecule has 0 bridgehead atoms. The van der Waals surface area contributed by atoms with Crippen molar-refractivity contribution >= 4 is 5.69 Å². The maximum Gasteiger partial charge on any atom is 0.181 e. The SMILES string of the molecule is OC(CNc1cccc(F)c1F)COCC1CC1. The van der Waals surface area contributed by atoms with Gasteiger partial charge in [0.25, 0.3) is 0 Å². The van der Waals surface area contributed by atoms with Gasteiger partial charge in [0, 0.05) is 13.2 Å². The number of aliphatic hydroxyl groups excluding tert-OH is 1. The van der Waals surface area contributed by atoms with E-state index in [9.17, 15) is 13.9 Å². The van der Waals surface area contributed by atoms with Crippen molar-refractivity contribution in [1.29, 1.82) is 0 Å². The third-order valence-electron chi connectivity index (χ3n) is 2.84. The van der Waals surface area contributed by atoms with Gasteiger partial charge in [0.05, 0.1) is 18.4 Å². The first-order valence-electron chi connectivity index (χ1n) is 6.10. The van der Waals surface area contributed by atoms with Crippen molar-refractivity contribution in [2.24, 2.45) is 5.92 Å². The molecule has 0 spiro atoms. The average molecular weight is 257 g/mol. The number of rotatable bonds is 7. The molecule has 1 fully saturated rings. The highest BCUT2D eigenvalue weighted by Crippen LogP contribution is 2.28. The van der Waals surface area contributed by atoms with Crippen molar-refractivity contribution in [2.45, 2.75) is 18.9 Å². The molecule has 1 saturated carbocycles. The first-order chi connectivity index (χ1) is 8.66. The first kappa shape index (κ1) is 13.2. The Bertz CT molecular complexity index is 397.